The Bertz CT molecular complexity index is 468. The predicted molar refractivity (Wildman–Crippen MR) is 55.2 cm³/mol. The molecule has 3 nitrogen and oxygen atoms in total. The van der Waals surface area contributed by atoms with E-state index in [-0.39, 0.29) is 0 Å². The van der Waals surface area contributed by atoms with Crippen LogP contribution in [0.2, 0.25) is 0 Å². The minimum Gasteiger partial charge on any atom is -0.369 e. The van der Waals surface area contributed by atoms with Crippen LogP contribution in [0.25, 0.3) is 17.1 Å². The monoisotopic (exact) mass is 173 g/mol. The number of nitrogen functional groups attached to an aromatic ring is 1. The highest BCUT2D eigenvalue weighted by Crippen LogP contribution is 2.20. The lowest BCUT2D eigenvalue weighted by Gasteiger charge is -1.99. The zero-order valence-electron chi connectivity index (χ0n) is 7.49. The molecule has 0 aliphatic heterocycles. The summed E-state index contributed by atoms with van der Waals surface area (Å²) < 4.78 is 1.87. The largest absolute Gasteiger partial charge is 0.369 e. The Morgan fingerprint density at radius 2 is 2.31 bits per heavy atom. The molecular formula is C10H11N3. The lowest BCUT2D eigenvalue weighted by Crippen LogP contribution is -1.96. The van der Waals surface area contributed by atoms with Crippen molar-refractivity contribution in [1.29, 1.82) is 0 Å². The van der Waals surface area contributed by atoms with Gasteiger partial charge in [-0.15, -0.1) is 0 Å². The molecule has 0 aliphatic carbocycles. The number of benzene rings is 1. The number of rotatable bonds is 1. The Balaban J connectivity index is 2.94. The summed E-state index contributed by atoms with van der Waals surface area (Å²) in [6.45, 7) is 3.75. The minimum absolute atomic E-state index is 0.532. The van der Waals surface area contributed by atoms with E-state index in [9.17, 15) is 0 Å². The first kappa shape index (κ1) is 7.86. The Morgan fingerprint density at radius 3 is 3.00 bits per heavy atom. The smallest absolute Gasteiger partial charge is 0.200 e. The Hall–Kier alpha value is -1.77. The van der Waals surface area contributed by atoms with Gasteiger partial charge in [0.25, 0.3) is 0 Å². The van der Waals surface area contributed by atoms with E-state index in [4.69, 9.17) is 5.73 Å². The van der Waals surface area contributed by atoms with Gasteiger partial charge in [-0.25, -0.2) is 4.98 Å². The third-order valence-electron chi connectivity index (χ3n) is 2.18. The number of hydrogen-bond donors (Lipinski definition) is 1. The maximum absolute atomic E-state index is 5.69. The average Bonchev–Trinajstić information content (AvgIpc) is 2.43. The number of hydrogen-bond acceptors (Lipinski definition) is 2. The summed E-state index contributed by atoms with van der Waals surface area (Å²) in [6, 6.07) is 5.89. The van der Waals surface area contributed by atoms with Crippen molar-refractivity contribution in [3.8, 4) is 0 Å². The van der Waals surface area contributed by atoms with E-state index < -0.39 is 0 Å². The van der Waals surface area contributed by atoms with Crippen LogP contribution in [0.1, 0.15) is 5.56 Å². The molecule has 2 aromatic rings. The van der Waals surface area contributed by atoms with Gasteiger partial charge in [0.2, 0.25) is 5.95 Å². The molecule has 0 amide bonds. The van der Waals surface area contributed by atoms with Crippen LogP contribution in [0.5, 0.6) is 0 Å². The fourth-order valence-electron chi connectivity index (χ4n) is 1.48. The molecule has 1 aromatic carbocycles. The number of anilines is 1. The van der Waals surface area contributed by atoms with Crippen LogP contribution in [-0.4, -0.2) is 9.55 Å². The van der Waals surface area contributed by atoms with Gasteiger partial charge >= 0.3 is 0 Å². The number of nitrogens with zero attached hydrogens (tertiary/aromatic N) is 2. The van der Waals surface area contributed by atoms with Gasteiger partial charge in [-0.1, -0.05) is 24.8 Å². The van der Waals surface area contributed by atoms with Crippen molar-refractivity contribution in [2.75, 3.05) is 5.73 Å². The first-order chi connectivity index (χ1) is 6.24. The van der Waals surface area contributed by atoms with Crippen molar-refractivity contribution in [2.24, 2.45) is 7.05 Å². The van der Waals surface area contributed by atoms with Crippen LogP contribution in [0.3, 0.4) is 0 Å². The van der Waals surface area contributed by atoms with E-state index in [1.165, 1.54) is 0 Å². The van der Waals surface area contributed by atoms with E-state index in [2.05, 4.69) is 11.6 Å². The molecule has 3 heteroatoms. The number of nitrogens with two attached hydrogens (primary N) is 1. The summed E-state index contributed by atoms with van der Waals surface area (Å²) in [4.78, 5) is 4.21. The van der Waals surface area contributed by atoms with E-state index in [1.54, 1.807) is 0 Å². The molecule has 13 heavy (non-hydrogen) atoms. The summed E-state index contributed by atoms with van der Waals surface area (Å²) in [5.41, 5.74) is 8.70. The van der Waals surface area contributed by atoms with E-state index in [0.717, 1.165) is 16.6 Å². The van der Waals surface area contributed by atoms with Crippen LogP contribution in [-0.2, 0) is 7.05 Å². The summed E-state index contributed by atoms with van der Waals surface area (Å²) >= 11 is 0. The number of aryl methyl sites for hydroxylation is 1. The predicted octanol–water partition coefficient (Wildman–Crippen LogP) is 1.80. The minimum atomic E-state index is 0.532. The first-order valence-electron chi connectivity index (χ1n) is 4.07. The van der Waals surface area contributed by atoms with Gasteiger partial charge in [0.15, 0.2) is 0 Å². The lowest BCUT2D eigenvalue weighted by atomic mass is 10.2. The van der Waals surface area contributed by atoms with Gasteiger partial charge in [-0.2, -0.15) is 0 Å². The van der Waals surface area contributed by atoms with Crippen LogP contribution in [0, 0.1) is 0 Å². The lowest BCUT2D eigenvalue weighted by molar-refractivity contribution is 0.964. The molecule has 0 radical (unpaired) electrons. The SMILES string of the molecule is C=Cc1cccc2nc(N)n(C)c12. The first-order valence-corrected chi connectivity index (χ1v) is 4.07. The van der Waals surface area contributed by atoms with Crippen molar-refractivity contribution < 1.29 is 0 Å². The third-order valence-corrected chi connectivity index (χ3v) is 2.18. The molecule has 0 atom stereocenters. The summed E-state index contributed by atoms with van der Waals surface area (Å²) in [5, 5.41) is 0. The Kier molecular flexibility index (Phi) is 1.59. The maximum atomic E-state index is 5.69. The van der Waals surface area contributed by atoms with Gasteiger partial charge in [0, 0.05) is 7.05 Å². The molecule has 0 saturated carbocycles. The van der Waals surface area contributed by atoms with Crippen molar-refractivity contribution >= 4 is 23.1 Å². The van der Waals surface area contributed by atoms with Gasteiger partial charge in [-0.05, 0) is 11.6 Å². The molecular weight excluding hydrogens is 162 g/mol. The Morgan fingerprint density at radius 1 is 1.54 bits per heavy atom. The quantitative estimate of drug-likeness (QED) is 0.714. The Labute approximate surface area is 76.5 Å². The second kappa shape index (κ2) is 2.62. The van der Waals surface area contributed by atoms with E-state index in [0.29, 0.717) is 5.95 Å². The molecule has 2 N–H and O–H groups in total. The summed E-state index contributed by atoms with van der Waals surface area (Å²) in [6.07, 6.45) is 1.81. The normalized spacial score (nSPS) is 10.5. The number of aromatic nitrogens is 2. The maximum Gasteiger partial charge on any atom is 0.200 e. The standard InChI is InChI=1S/C10H11N3/c1-3-7-5-4-6-8-9(7)13(2)10(11)12-8/h3-6H,1H2,2H3,(H2,11,12). The van der Waals surface area contributed by atoms with E-state index in [1.807, 2.05) is 35.9 Å². The van der Waals surface area contributed by atoms with Crippen molar-refractivity contribution in [3.05, 3.63) is 30.3 Å². The zero-order valence-corrected chi connectivity index (χ0v) is 7.49. The van der Waals surface area contributed by atoms with Gasteiger partial charge in [0.05, 0.1) is 11.0 Å². The molecule has 66 valence electrons. The van der Waals surface area contributed by atoms with Gasteiger partial charge in [0.1, 0.15) is 0 Å². The molecule has 0 bridgehead atoms. The highest BCUT2D eigenvalue weighted by molar-refractivity contribution is 5.86. The highest BCUT2D eigenvalue weighted by Gasteiger charge is 2.06. The van der Waals surface area contributed by atoms with Crippen molar-refractivity contribution in [3.63, 3.8) is 0 Å². The summed E-state index contributed by atoms with van der Waals surface area (Å²) in [5.74, 6) is 0.532. The van der Waals surface area contributed by atoms with Crippen LogP contribution in [0.15, 0.2) is 24.8 Å². The van der Waals surface area contributed by atoms with Gasteiger partial charge < -0.3 is 10.3 Å². The average molecular weight is 173 g/mol. The van der Waals surface area contributed by atoms with Crippen LogP contribution >= 0.6 is 0 Å². The molecule has 0 spiro atoms. The second-order valence-corrected chi connectivity index (χ2v) is 2.95. The number of fused-ring (bicyclic) bond motifs is 1. The topological polar surface area (TPSA) is 43.8 Å². The fourth-order valence-corrected chi connectivity index (χ4v) is 1.48. The molecule has 0 unspecified atom stereocenters. The molecule has 1 heterocycles. The van der Waals surface area contributed by atoms with Crippen molar-refractivity contribution in [2.45, 2.75) is 0 Å². The molecule has 1 aromatic heterocycles. The zero-order chi connectivity index (χ0) is 9.42. The summed E-state index contributed by atoms with van der Waals surface area (Å²) in [7, 11) is 1.90. The van der Waals surface area contributed by atoms with Crippen LogP contribution in [0.4, 0.5) is 5.95 Å². The van der Waals surface area contributed by atoms with Crippen LogP contribution < -0.4 is 5.73 Å². The highest BCUT2D eigenvalue weighted by atomic mass is 15.1. The van der Waals surface area contributed by atoms with Gasteiger partial charge in [-0.3, -0.25) is 0 Å². The second-order valence-electron chi connectivity index (χ2n) is 2.95. The molecule has 0 fully saturated rings. The number of para-hydroxylation sites is 1. The number of imidazole rings is 1. The van der Waals surface area contributed by atoms with E-state index >= 15 is 0 Å². The molecule has 2 rings (SSSR count). The molecule has 0 aliphatic rings. The van der Waals surface area contributed by atoms with Crippen molar-refractivity contribution in [1.82, 2.24) is 9.55 Å². The molecule has 0 saturated heterocycles. The third kappa shape index (κ3) is 1.01. The fraction of sp³-hybridized carbons (Fsp3) is 0.100.